The predicted molar refractivity (Wildman–Crippen MR) is 95.6 cm³/mol. The molecule has 0 atom stereocenters. The van der Waals surface area contributed by atoms with Gasteiger partial charge < -0.3 is 9.80 Å². The first-order valence-electron chi connectivity index (χ1n) is 7.75. The Morgan fingerprint density at radius 1 is 1.09 bits per heavy atom. The van der Waals surface area contributed by atoms with Crippen molar-refractivity contribution in [1.82, 2.24) is 14.5 Å². The van der Waals surface area contributed by atoms with Crippen molar-refractivity contribution >= 4 is 39.7 Å². The first-order valence-corrected chi connectivity index (χ1v) is 8.97. The van der Waals surface area contributed by atoms with Crippen LogP contribution in [0.2, 0.25) is 0 Å². The predicted octanol–water partition coefficient (Wildman–Crippen LogP) is 1.58. The number of nitrogens with zero attached hydrogens (tertiary/aromatic N) is 4. The maximum atomic E-state index is 5.56. The van der Waals surface area contributed by atoms with Crippen molar-refractivity contribution in [2.45, 2.75) is 6.67 Å². The van der Waals surface area contributed by atoms with Gasteiger partial charge in [-0.1, -0.05) is 12.1 Å². The first kappa shape index (κ1) is 14.7. The number of piperazine rings is 1. The number of quaternary nitrogens is 1. The van der Waals surface area contributed by atoms with Crippen LogP contribution in [0.4, 0.5) is 5.95 Å². The van der Waals surface area contributed by atoms with Crippen LogP contribution in [-0.4, -0.2) is 40.7 Å². The van der Waals surface area contributed by atoms with Crippen LogP contribution >= 0.6 is 23.6 Å². The lowest BCUT2D eigenvalue weighted by Crippen LogP contribution is -3.14. The van der Waals surface area contributed by atoms with Crippen LogP contribution in [-0.2, 0) is 6.67 Å². The van der Waals surface area contributed by atoms with Gasteiger partial charge in [0.1, 0.15) is 0 Å². The van der Waals surface area contributed by atoms with E-state index in [4.69, 9.17) is 12.2 Å². The number of nitrogens with one attached hydrogen (secondary N) is 1. The second-order valence-electron chi connectivity index (χ2n) is 5.71. The fourth-order valence-electron chi connectivity index (χ4n) is 3.02. The summed E-state index contributed by atoms with van der Waals surface area (Å²) in [6.07, 6.45) is 3.61. The number of aromatic nitrogens is 3. The second-order valence-corrected chi connectivity index (χ2v) is 7.38. The van der Waals surface area contributed by atoms with E-state index in [1.165, 1.54) is 10.2 Å². The van der Waals surface area contributed by atoms with Crippen LogP contribution in [0, 0.1) is 3.95 Å². The molecule has 3 aromatic rings. The van der Waals surface area contributed by atoms with Gasteiger partial charge in [-0.25, -0.2) is 9.97 Å². The van der Waals surface area contributed by atoms with Crippen LogP contribution in [0.3, 0.4) is 0 Å². The molecule has 23 heavy (non-hydrogen) atoms. The van der Waals surface area contributed by atoms with Crippen LogP contribution in [0.1, 0.15) is 0 Å². The Balaban J connectivity index is 1.47. The lowest BCUT2D eigenvalue weighted by atomic mass is 10.3. The highest BCUT2D eigenvalue weighted by Gasteiger charge is 2.22. The highest BCUT2D eigenvalue weighted by molar-refractivity contribution is 7.73. The standard InChI is InChI=1S/C16H17N5S2/c22-16-21(13-4-1-2-5-14(13)23-16)12-19-8-10-20(11-9-19)15-17-6-3-7-18-15/h1-7H,8-12H2/p+1. The van der Waals surface area contributed by atoms with Crippen LogP contribution in [0.15, 0.2) is 42.7 Å². The van der Waals surface area contributed by atoms with E-state index >= 15 is 0 Å². The monoisotopic (exact) mass is 344 g/mol. The molecular weight excluding hydrogens is 326 g/mol. The van der Waals surface area contributed by atoms with Gasteiger partial charge in [0.05, 0.1) is 36.4 Å². The molecule has 4 rings (SSSR count). The zero-order valence-corrected chi connectivity index (χ0v) is 14.3. The molecule has 1 N–H and O–H groups in total. The molecule has 0 aliphatic carbocycles. The van der Waals surface area contributed by atoms with Gasteiger partial charge in [-0.2, -0.15) is 0 Å². The summed E-state index contributed by atoms with van der Waals surface area (Å²) >= 11 is 7.26. The van der Waals surface area contributed by atoms with Gasteiger partial charge in [-0.05, 0) is 30.4 Å². The number of rotatable bonds is 3. The highest BCUT2D eigenvalue weighted by atomic mass is 32.1. The molecule has 5 nitrogen and oxygen atoms in total. The number of anilines is 1. The topological polar surface area (TPSA) is 38.4 Å². The zero-order chi connectivity index (χ0) is 15.6. The van der Waals surface area contributed by atoms with Crippen molar-refractivity contribution in [2.24, 2.45) is 0 Å². The lowest BCUT2D eigenvalue weighted by Gasteiger charge is -2.32. The van der Waals surface area contributed by atoms with E-state index in [0.29, 0.717) is 0 Å². The van der Waals surface area contributed by atoms with Gasteiger partial charge in [0.15, 0.2) is 10.6 Å². The number of benzene rings is 1. The number of fused-ring (bicyclic) bond motifs is 1. The van der Waals surface area contributed by atoms with Gasteiger partial charge in [-0.15, -0.1) is 11.3 Å². The molecule has 0 amide bonds. The molecule has 2 aromatic heterocycles. The maximum absolute atomic E-state index is 5.56. The fraction of sp³-hybridized carbons (Fsp3) is 0.312. The summed E-state index contributed by atoms with van der Waals surface area (Å²) in [4.78, 5) is 12.5. The third kappa shape index (κ3) is 2.99. The molecular formula is C16H18N5S2+. The minimum Gasteiger partial charge on any atom is -0.330 e. The molecule has 1 aliphatic rings. The summed E-state index contributed by atoms with van der Waals surface area (Å²) in [5.74, 6) is 0.837. The maximum Gasteiger partial charge on any atom is 0.225 e. The number of para-hydroxylation sites is 1. The number of thiazole rings is 1. The van der Waals surface area contributed by atoms with E-state index in [9.17, 15) is 0 Å². The van der Waals surface area contributed by atoms with Crippen molar-refractivity contribution < 1.29 is 4.90 Å². The Hall–Kier alpha value is -1.83. The van der Waals surface area contributed by atoms with Crippen molar-refractivity contribution in [2.75, 3.05) is 31.1 Å². The average molecular weight is 344 g/mol. The minimum atomic E-state index is 0.837. The van der Waals surface area contributed by atoms with Crippen LogP contribution in [0.25, 0.3) is 10.2 Å². The van der Waals surface area contributed by atoms with Gasteiger partial charge in [0.2, 0.25) is 5.95 Å². The van der Waals surface area contributed by atoms with Gasteiger partial charge >= 0.3 is 0 Å². The summed E-state index contributed by atoms with van der Waals surface area (Å²) in [6, 6.07) is 10.3. The molecule has 0 saturated carbocycles. The number of hydrogen-bond donors (Lipinski definition) is 1. The molecule has 1 aliphatic heterocycles. The molecule has 1 aromatic carbocycles. The molecule has 1 saturated heterocycles. The molecule has 7 heteroatoms. The van der Waals surface area contributed by atoms with E-state index in [1.807, 2.05) is 6.07 Å². The summed E-state index contributed by atoms with van der Waals surface area (Å²) in [6.45, 7) is 5.05. The molecule has 1 fully saturated rings. The van der Waals surface area contributed by atoms with Crippen molar-refractivity contribution in [3.8, 4) is 0 Å². The largest absolute Gasteiger partial charge is 0.330 e. The van der Waals surface area contributed by atoms with Crippen molar-refractivity contribution in [3.63, 3.8) is 0 Å². The average Bonchev–Trinajstić information content (AvgIpc) is 2.92. The Kier molecular flexibility index (Phi) is 4.07. The Labute approximate surface area is 143 Å². The summed E-state index contributed by atoms with van der Waals surface area (Å²) < 4.78 is 4.51. The SMILES string of the molecule is S=c1sc2ccccc2n1C[NH+]1CCN(c2ncccn2)CC1. The van der Waals surface area contributed by atoms with E-state index < -0.39 is 0 Å². The normalized spacial score (nSPS) is 16.1. The van der Waals surface area contributed by atoms with Crippen molar-refractivity contribution in [1.29, 1.82) is 0 Å². The number of hydrogen-bond acceptors (Lipinski definition) is 5. The van der Waals surface area contributed by atoms with E-state index in [2.05, 4.69) is 43.7 Å². The Morgan fingerprint density at radius 3 is 2.61 bits per heavy atom. The van der Waals surface area contributed by atoms with Gasteiger partial charge in [0, 0.05) is 12.4 Å². The summed E-state index contributed by atoms with van der Waals surface area (Å²) in [7, 11) is 0. The smallest absolute Gasteiger partial charge is 0.225 e. The Bertz CT molecular complexity index is 850. The molecule has 0 spiro atoms. The van der Waals surface area contributed by atoms with Crippen LogP contribution in [0.5, 0.6) is 0 Å². The quantitative estimate of drug-likeness (QED) is 0.732. The molecule has 3 heterocycles. The van der Waals surface area contributed by atoms with E-state index in [0.717, 1.165) is 42.8 Å². The van der Waals surface area contributed by atoms with Crippen LogP contribution < -0.4 is 9.80 Å². The fourth-order valence-corrected chi connectivity index (χ4v) is 4.35. The third-order valence-electron chi connectivity index (χ3n) is 4.26. The first-order chi connectivity index (χ1) is 11.3. The molecule has 0 radical (unpaired) electrons. The molecule has 0 unspecified atom stereocenters. The highest BCUT2D eigenvalue weighted by Crippen LogP contribution is 2.21. The molecule has 118 valence electrons. The Morgan fingerprint density at radius 2 is 1.83 bits per heavy atom. The summed E-state index contributed by atoms with van der Waals surface area (Å²) in [5.41, 5.74) is 1.25. The van der Waals surface area contributed by atoms with E-state index in [-0.39, 0.29) is 0 Å². The van der Waals surface area contributed by atoms with Crippen molar-refractivity contribution in [3.05, 3.63) is 46.7 Å². The second kappa shape index (κ2) is 6.35. The minimum absolute atomic E-state index is 0.837. The summed E-state index contributed by atoms with van der Waals surface area (Å²) in [5, 5.41) is 0. The lowest BCUT2D eigenvalue weighted by molar-refractivity contribution is -0.923. The molecule has 0 bridgehead atoms. The van der Waals surface area contributed by atoms with E-state index in [1.54, 1.807) is 28.6 Å². The zero-order valence-electron chi connectivity index (χ0n) is 12.7. The third-order valence-corrected chi connectivity index (χ3v) is 5.69. The van der Waals surface area contributed by atoms with Gasteiger partial charge in [-0.3, -0.25) is 4.57 Å². The van der Waals surface area contributed by atoms with Gasteiger partial charge in [0.25, 0.3) is 0 Å².